The molecule has 0 amide bonds. The molecule has 2 N–H and O–H groups in total. The van der Waals surface area contributed by atoms with Gasteiger partial charge in [-0.1, -0.05) is 6.08 Å². The van der Waals surface area contributed by atoms with Crippen LogP contribution in [0.5, 0.6) is 0 Å². The summed E-state index contributed by atoms with van der Waals surface area (Å²) in [4.78, 5) is 10.7. The Kier molecular flexibility index (Phi) is 2.31. The van der Waals surface area contributed by atoms with Gasteiger partial charge in [0.15, 0.2) is 0 Å². The molecule has 1 aliphatic rings. The number of carbonyl (C=O) groups excluding carboxylic acids is 1. The lowest BCUT2D eigenvalue weighted by Crippen LogP contribution is -2.29. The first-order valence-corrected chi connectivity index (χ1v) is 3.29. The van der Waals surface area contributed by atoms with Gasteiger partial charge in [-0.25, -0.2) is 0 Å². The molecule has 0 aliphatic heterocycles. The molecule has 1 atom stereocenters. The summed E-state index contributed by atoms with van der Waals surface area (Å²) in [5.74, 6) is -0.605. The fourth-order valence-electron chi connectivity index (χ4n) is 0.973. The van der Waals surface area contributed by atoms with E-state index in [4.69, 9.17) is 10.0 Å². The van der Waals surface area contributed by atoms with Crippen molar-refractivity contribution >= 4 is 13.1 Å². The highest BCUT2D eigenvalue weighted by molar-refractivity contribution is 6.51. The maximum absolute atomic E-state index is 10.7. The SMILES string of the molecule is COC(=O)C1C=C(B(O)O)C1. The molecule has 0 heterocycles. The predicted molar refractivity (Wildman–Crippen MR) is 38.4 cm³/mol. The molecule has 1 unspecified atom stereocenters. The highest BCUT2D eigenvalue weighted by Gasteiger charge is 2.32. The lowest BCUT2D eigenvalue weighted by atomic mass is 9.66. The summed E-state index contributed by atoms with van der Waals surface area (Å²) >= 11 is 0. The zero-order valence-corrected chi connectivity index (χ0v) is 6.15. The van der Waals surface area contributed by atoms with Crippen molar-refractivity contribution in [3.63, 3.8) is 0 Å². The summed E-state index contributed by atoms with van der Waals surface area (Å²) in [6.07, 6.45) is 1.90. The van der Waals surface area contributed by atoms with Crippen LogP contribution in [0.3, 0.4) is 0 Å². The van der Waals surface area contributed by atoms with E-state index in [1.807, 2.05) is 0 Å². The molecule has 60 valence electrons. The molecule has 1 rings (SSSR count). The zero-order valence-electron chi connectivity index (χ0n) is 6.15. The first-order valence-electron chi connectivity index (χ1n) is 3.29. The van der Waals surface area contributed by atoms with Crippen molar-refractivity contribution in [2.45, 2.75) is 6.42 Å². The lowest BCUT2D eigenvalue weighted by molar-refractivity contribution is -0.144. The molecule has 11 heavy (non-hydrogen) atoms. The predicted octanol–water partition coefficient (Wildman–Crippen LogP) is -0.882. The molecule has 0 spiro atoms. The van der Waals surface area contributed by atoms with Crippen molar-refractivity contribution < 1.29 is 19.6 Å². The summed E-state index contributed by atoms with van der Waals surface area (Å²) < 4.78 is 4.44. The van der Waals surface area contributed by atoms with E-state index >= 15 is 0 Å². The van der Waals surface area contributed by atoms with Crippen molar-refractivity contribution in [1.29, 1.82) is 0 Å². The van der Waals surface area contributed by atoms with Crippen LogP contribution in [0.1, 0.15) is 6.42 Å². The molecule has 0 saturated heterocycles. The number of allylic oxidation sites excluding steroid dienone is 1. The monoisotopic (exact) mass is 156 g/mol. The van der Waals surface area contributed by atoms with Gasteiger partial charge < -0.3 is 14.8 Å². The van der Waals surface area contributed by atoms with E-state index in [0.29, 0.717) is 11.9 Å². The van der Waals surface area contributed by atoms with Gasteiger partial charge >= 0.3 is 13.1 Å². The van der Waals surface area contributed by atoms with Crippen molar-refractivity contribution in [2.75, 3.05) is 7.11 Å². The van der Waals surface area contributed by atoms with Crippen molar-refractivity contribution in [1.82, 2.24) is 0 Å². The summed E-state index contributed by atoms with van der Waals surface area (Å²) in [7, 11) is -0.111. The molecule has 5 heteroatoms. The van der Waals surface area contributed by atoms with Crippen LogP contribution < -0.4 is 0 Å². The molecule has 0 saturated carbocycles. The van der Waals surface area contributed by atoms with Crippen LogP contribution in [0.15, 0.2) is 11.5 Å². The van der Waals surface area contributed by atoms with Crippen LogP contribution in [0.25, 0.3) is 0 Å². The molecule has 4 nitrogen and oxygen atoms in total. The minimum absolute atomic E-state index is 0.281. The molecular formula is C6H9BO4. The minimum Gasteiger partial charge on any atom is -0.469 e. The summed E-state index contributed by atoms with van der Waals surface area (Å²) in [6.45, 7) is 0. The summed E-state index contributed by atoms with van der Waals surface area (Å²) in [5.41, 5.74) is 0.486. The van der Waals surface area contributed by atoms with E-state index in [2.05, 4.69) is 4.74 Å². The maximum Gasteiger partial charge on any atom is 0.483 e. The Morgan fingerprint density at radius 1 is 1.82 bits per heavy atom. The number of rotatable bonds is 2. The Hall–Kier alpha value is -0.805. The second kappa shape index (κ2) is 3.06. The first kappa shape index (κ1) is 8.29. The lowest BCUT2D eigenvalue weighted by Gasteiger charge is -2.22. The average molecular weight is 156 g/mol. The maximum atomic E-state index is 10.7. The number of methoxy groups -OCH3 is 1. The number of esters is 1. The van der Waals surface area contributed by atoms with Crippen LogP contribution in [0.2, 0.25) is 0 Å². The fourth-order valence-corrected chi connectivity index (χ4v) is 0.973. The highest BCUT2D eigenvalue weighted by atomic mass is 16.5. The van der Waals surface area contributed by atoms with Crippen molar-refractivity contribution in [2.24, 2.45) is 5.92 Å². The molecule has 0 fully saturated rings. The van der Waals surface area contributed by atoms with Crippen molar-refractivity contribution in [3.05, 3.63) is 11.5 Å². The van der Waals surface area contributed by atoms with Gasteiger partial charge in [0.2, 0.25) is 0 Å². The zero-order chi connectivity index (χ0) is 8.43. The summed E-state index contributed by atoms with van der Waals surface area (Å²) in [5, 5.41) is 17.2. The topological polar surface area (TPSA) is 66.8 Å². The standard InChI is InChI=1S/C6H9BO4/c1-11-6(8)4-2-5(3-4)7(9)10/h2,4,9-10H,3H2,1H3. The quantitative estimate of drug-likeness (QED) is 0.402. The highest BCUT2D eigenvalue weighted by Crippen LogP contribution is 2.27. The van der Waals surface area contributed by atoms with E-state index in [-0.39, 0.29) is 11.9 Å². The normalized spacial score (nSPS) is 21.7. The molecule has 0 radical (unpaired) electrons. The second-order valence-electron chi connectivity index (χ2n) is 2.45. The first-order chi connectivity index (χ1) is 5.15. The Labute approximate surface area is 64.6 Å². The van der Waals surface area contributed by atoms with Crippen LogP contribution >= 0.6 is 0 Å². The Morgan fingerprint density at radius 3 is 2.73 bits per heavy atom. The third-order valence-electron chi connectivity index (χ3n) is 1.71. The van der Waals surface area contributed by atoms with E-state index in [1.165, 1.54) is 13.2 Å². The molecule has 0 bridgehead atoms. The molecule has 0 aromatic rings. The Balaban J connectivity index is 2.44. The van der Waals surface area contributed by atoms with Gasteiger partial charge in [-0.3, -0.25) is 4.79 Å². The van der Waals surface area contributed by atoms with Crippen LogP contribution in [0.4, 0.5) is 0 Å². The van der Waals surface area contributed by atoms with Crippen LogP contribution in [0, 0.1) is 5.92 Å². The largest absolute Gasteiger partial charge is 0.483 e. The van der Waals surface area contributed by atoms with Crippen LogP contribution in [-0.4, -0.2) is 30.2 Å². The number of hydrogen-bond donors (Lipinski definition) is 2. The van der Waals surface area contributed by atoms with Crippen LogP contribution in [-0.2, 0) is 9.53 Å². The van der Waals surface area contributed by atoms with E-state index < -0.39 is 7.12 Å². The molecular weight excluding hydrogens is 147 g/mol. The van der Waals surface area contributed by atoms with Crippen molar-refractivity contribution in [3.8, 4) is 0 Å². The third kappa shape index (κ3) is 1.61. The fraction of sp³-hybridized carbons (Fsp3) is 0.500. The molecule has 0 aromatic carbocycles. The number of ether oxygens (including phenoxy) is 1. The smallest absolute Gasteiger partial charge is 0.469 e. The molecule has 0 aromatic heterocycles. The number of carbonyl (C=O) groups is 1. The second-order valence-corrected chi connectivity index (χ2v) is 2.45. The third-order valence-corrected chi connectivity index (χ3v) is 1.71. The van der Waals surface area contributed by atoms with Gasteiger partial charge in [0, 0.05) is 0 Å². The Bertz CT molecular complexity index is 199. The van der Waals surface area contributed by atoms with E-state index in [0.717, 1.165) is 0 Å². The van der Waals surface area contributed by atoms with Gasteiger partial charge in [0.25, 0.3) is 0 Å². The summed E-state index contributed by atoms with van der Waals surface area (Å²) in [6, 6.07) is 0. The van der Waals surface area contributed by atoms with Gasteiger partial charge in [0.1, 0.15) is 0 Å². The van der Waals surface area contributed by atoms with E-state index in [1.54, 1.807) is 0 Å². The van der Waals surface area contributed by atoms with E-state index in [9.17, 15) is 4.79 Å². The number of hydrogen-bond acceptors (Lipinski definition) is 4. The van der Waals surface area contributed by atoms with Gasteiger partial charge in [-0.05, 0) is 11.9 Å². The minimum atomic E-state index is -1.42. The average Bonchev–Trinajstić information content (AvgIpc) is 1.83. The van der Waals surface area contributed by atoms with Gasteiger partial charge in [-0.2, -0.15) is 0 Å². The van der Waals surface area contributed by atoms with Gasteiger partial charge in [-0.15, -0.1) is 0 Å². The van der Waals surface area contributed by atoms with Gasteiger partial charge in [0.05, 0.1) is 13.0 Å². The Morgan fingerprint density at radius 2 is 2.36 bits per heavy atom. The molecule has 1 aliphatic carbocycles.